The summed E-state index contributed by atoms with van der Waals surface area (Å²) in [6, 6.07) is 9.71. The molecule has 3 rings (SSSR count). The summed E-state index contributed by atoms with van der Waals surface area (Å²) in [6.07, 6.45) is 5.39. The Labute approximate surface area is 133 Å². The lowest BCUT2D eigenvalue weighted by Crippen LogP contribution is -2.30. The van der Waals surface area contributed by atoms with Gasteiger partial charge in [0.25, 0.3) is 0 Å². The van der Waals surface area contributed by atoms with Crippen LogP contribution in [0.2, 0.25) is 5.02 Å². The molecule has 2 aromatic heterocycles. The molecule has 0 saturated carbocycles. The van der Waals surface area contributed by atoms with Gasteiger partial charge in [-0.05, 0) is 25.1 Å². The van der Waals surface area contributed by atoms with Gasteiger partial charge in [0.1, 0.15) is 6.26 Å². The van der Waals surface area contributed by atoms with Crippen LogP contribution in [-0.2, 0) is 13.1 Å². The number of hydrogen-bond donors (Lipinski definition) is 1. The number of hydrogen-bond acceptors (Lipinski definition) is 4. The van der Waals surface area contributed by atoms with Gasteiger partial charge < -0.3 is 9.73 Å². The van der Waals surface area contributed by atoms with Crippen LogP contribution in [0.4, 0.5) is 0 Å². The van der Waals surface area contributed by atoms with Crippen molar-refractivity contribution in [2.45, 2.75) is 26.1 Å². The molecule has 0 aliphatic rings. The Morgan fingerprint density at radius 1 is 1.32 bits per heavy atom. The lowest BCUT2D eigenvalue weighted by atomic mass is 10.2. The number of aromatic nitrogens is 3. The van der Waals surface area contributed by atoms with Crippen LogP contribution in [0.1, 0.15) is 12.6 Å². The van der Waals surface area contributed by atoms with E-state index in [0.717, 1.165) is 17.8 Å². The molecule has 0 fully saturated rings. The fourth-order valence-corrected chi connectivity index (χ4v) is 2.40. The summed E-state index contributed by atoms with van der Waals surface area (Å²) in [5.41, 5.74) is 1.65. The standard InChI is InChI=1S/C16H17ClN4O/c1-12(10-21-8-4-7-19-21)18-9-13-11-22-16(20-13)14-5-2-3-6-15(14)17/h2-8,11-12,18H,9-10H2,1H3/t12-/m0/s1. The highest BCUT2D eigenvalue weighted by Gasteiger charge is 2.10. The quantitative estimate of drug-likeness (QED) is 0.757. The first kappa shape index (κ1) is 14.8. The van der Waals surface area contributed by atoms with E-state index in [4.69, 9.17) is 16.0 Å². The van der Waals surface area contributed by atoms with Gasteiger partial charge in [-0.1, -0.05) is 23.7 Å². The molecule has 6 heteroatoms. The molecule has 0 spiro atoms. The number of nitrogens with one attached hydrogen (secondary N) is 1. The zero-order valence-corrected chi connectivity index (χ0v) is 13.0. The third kappa shape index (κ3) is 3.55. The second-order valence-electron chi connectivity index (χ2n) is 5.13. The fourth-order valence-electron chi connectivity index (χ4n) is 2.18. The van der Waals surface area contributed by atoms with Crippen LogP contribution in [0.15, 0.2) is 53.4 Å². The SMILES string of the molecule is C[C@@H](Cn1cccn1)NCc1coc(-c2ccccc2Cl)n1. The molecule has 0 bridgehead atoms. The lowest BCUT2D eigenvalue weighted by molar-refractivity contribution is 0.448. The Hall–Kier alpha value is -2.11. The van der Waals surface area contributed by atoms with Crippen molar-refractivity contribution in [2.24, 2.45) is 0 Å². The number of rotatable bonds is 6. The van der Waals surface area contributed by atoms with Gasteiger partial charge in [0.2, 0.25) is 5.89 Å². The zero-order chi connectivity index (χ0) is 15.4. The average molecular weight is 317 g/mol. The van der Waals surface area contributed by atoms with E-state index in [2.05, 4.69) is 22.3 Å². The van der Waals surface area contributed by atoms with Crippen molar-refractivity contribution in [3.05, 3.63) is 59.7 Å². The monoisotopic (exact) mass is 316 g/mol. The lowest BCUT2D eigenvalue weighted by Gasteiger charge is -2.12. The molecule has 0 aliphatic heterocycles. The van der Waals surface area contributed by atoms with E-state index in [-0.39, 0.29) is 6.04 Å². The van der Waals surface area contributed by atoms with Gasteiger partial charge in [-0.25, -0.2) is 4.98 Å². The van der Waals surface area contributed by atoms with Gasteiger partial charge in [-0.2, -0.15) is 5.10 Å². The van der Waals surface area contributed by atoms with E-state index < -0.39 is 0 Å². The van der Waals surface area contributed by atoms with Crippen molar-refractivity contribution in [3.63, 3.8) is 0 Å². The second-order valence-corrected chi connectivity index (χ2v) is 5.54. The van der Waals surface area contributed by atoms with E-state index in [1.54, 1.807) is 12.5 Å². The van der Waals surface area contributed by atoms with Crippen LogP contribution in [0.5, 0.6) is 0 Å². The van der Waals surface area contributed by atoms with E-state index in [1.807, 2.05) is 41.2 Å². The highest BCUT2D eigenvalue weighted by Crippen LogP contribution is 2.26. The van der Waals surface area contributed by atoms with Gasteiger partial charge in [-0.3, -0.25) is 4.68 Å². The van der Waals surface area contributed by atoms with Crippen LogP contribution in [-0.4, -0.2) is 20.8 Å². The number of nitrogens with zero attached hydrogens (tertiary/aromatic N) is 3. The highest BCUT2D eigenvalue weighted by molar-refractivity contribution is 6.33. The largest absolute Gasteiger partial charge is 0.444 e. The Bertz CT molecular complexity index is 723. The molecule has 0 aliphatic carbocycles. The molecule has 22 heavy (non-hydrogen) atoms. The van der Waals surface area contributed by atoms with E-state index >= 15 is 0 Å². The molecule has 1 N–H and O–H groups in total. The molecule has 0 amide bonds. The molecule has 5 nitrogen and oxygen atoms in total. The van der Waals surface area contributed by atoms with Crippen LogP contribution < -0.4 is 5.32 Å². The normalized spacial score (nSPS) is 12.5. The van der Waals surface area contributed by atoms with Crippen molar-refractivity contribution in [1.29, 1.82) is 0 Å². The minimum absolute atomic E-state index is 0.278. The zero-order valence-electron chi connectivity index (χ0n) is 12.2. The Balaban J connectivity index is 1.59. The predicted octanol–water partition coefficient (Wildman–Crippen LogP) is 3.37. The van der Waals surface area contributed by atoms with Crippen LogP contribution >= 0.6 is 11.6 Å². The molecular weight excluding hydrogens is 300 g/mol. The first-order chi connectivity index (χ1) is 10.7. The fraction of sp³-hybridized carbons (Fsp3) is 0.250. The van der Waals surface area contributed by atoms with Crippen molar-refractivity contribution >= 4 is 11.6 Å². The highest BCUT2D eigenvalue weighted by atomic mass is 35.5. The predicted molar refractivity (Wildman–Crippen MR) is 85.5 cm³/mol. The Kier molecular flexibility index (Phi) is 4.56. The summed E-state index contributed by atoms with van der Waals surface area (Å²) in [7, 11) is 0. The van der Waals surface area contributed by atoms with Crippen molar-refractivity contribution in [3.8, 4) is 11.5 Å². The molecule has 0 unspecified atom stereocenters. The van der Waals surface area contributed by atoms with Gasteiger partial charge in [0, 0.05) is 25.0 Å². The maximum atomic E-state index is 6.15. The Morgan fingerprint density at radius 2 is 2.18 bits per heavy atom. The van der Waals surface area contributed by atoms with Crippen LogP contribution in [0.3, 0.4) is 0 Å². The Morgan fingerprint density at radius 3 is 2.95 bits per heavy atom. The van der Waals surface area contributed by atoms with Crippen molar-refractivity contribution in [1.82, 2.24) is 20.1 Å². The van der Waals surface area contributed by atoms with E-state index in [0.29, 0.717) is 17.5 Å². The minimum Gasteiger partial charge on any atom is -0.444 e. The summed E-state index contributed by atoms with van der Waals surface area (Å²) in [6.45, 7) is 3.55. The maximum Gasteiger partial charge on any atom is 0.227 e. The number of halogens is 1. The number of benzene rings is 1. The third-order valence-electron chi connectivity index (χ3n) is 3.31. The van der Waals surface area contributed by atoms with Crippen molar-refractivity contribution in [2.75, 3.05) is 0 Å². The second kappa shape index (κ2) is 6.77. The molecule has 1 atom stereocenters. The molecular formula is C16H17ClN4O. The maximum absolute atomic E-state index is 6.15. The summed E-state index contributed by atoms with van der Waals surface area (Å²) in [5.74, 6) is 0.544. The van der Waals surface area contributed by atoms with E-state index in [9.17, 15) is 0 Å². The summed E-state index contributed by atoms with van der Waals surface area (Å²) < 4.78 is 7.42. The smallest absolute Gasteiger partial charge is 0.227 e. The number of oxazole rings is 1. The molecule has 1 aromatic carbocycles. The van der Waals surface area contributed by atoms with Gasteiger partial charge in [0.05, 0.1) is 22.8 Å². The molecule has 3 aromatic rings. The van der Waals surface area contributed by atoms with Gasteiger partial charge >= 0.3 is 0 Å². The first-order valence-corrected chi connectivity index (χ1v) is 7.50. The van der Waals surface area contributed by atoms with Crippen LogP contribution in [0.25, 0.3) is 11.5 Å². The molecule has 0 saturated heterocycles. The summed E-state index contributed by atoms with van der Waals surface area (Å²) in [5, 5.41) is 8.23. The molecule has 0 radical (unpaired) electrons. The molecule has 114 valence electrons. The van der Waals surface area contributed by atoms with Crippen LogP contribution in [0, 0.1) is 0 Å². The topological polar surface area (TPSA) is 55.9 Å². The average Bonchev–Trinajstić information content (AvgIpc) is 3.17. The molecule has 2 heterocycles. The summed E-state index contributed by atoms with van der Waals surface area (Å²) >= 11 is 6.15. The van der Waals surface area contributed by atoms with Crippen molar-refractivity contribution < 1.29 is 4.42 Å². The minimum atomic E-state index is 0.278. The van der Waals surface area contributed by atoms with Gasteiger partial charge in [0.15, 0.2) is 0 Å². The first-order valence-electron chi connectivity index (χ1n) is 7.12. The third-order valence-corrected chi connectivity index (χ3v) is 3.64. The summed E-state index contributed by atoms with van der Waals surface area (Å²) in [4.78, 5) is 4.47. The van der Waals surface area contributed by atoms with Gasteiger partial charge in [-0.15, -0.1) is 0 Å². The van der Waals surface area contributed by atoms with E-state index in [1.165, 1.54) is 0 Å².